The van der Waals surface area contributed by atoms with E-state index in [9.17, 15) is 9.90 Å². The summed E-state index contributed by atoms with van der Waals surface area (Å²) in [6, 6.07) is 6.62. The van der Waals surface area contributed by atoms with Crippen molar-refractivity contribution in [3.05, 3.63) is 44.6 Å². The van der Waals surface area contributed by atoms with Crippen LogP contribution in [0, 0.1) is 0 Å². The molecule has 1 heterocycles. The number of benzene rings is 1. The lowest BCUT2D eigenvalue weighted by molar-refractivity contribution is 0.0959. The fourth-order valence-electron chi connectivity index (χ4n) is 1.45. The molecule has 5 nitrogen and oxygen atoms in total. The van der Waals surface area contributed by atoms with E-state index in [1.54, 1.807) is 18.2 Å². The number of thiophene rings is 1. The highest BCUT2D eigenvalue weighted by Gasteiger charge is 2.07. The topological polar surface area (TPSA) is 70.9 Å². The van der Waals surface area contributed by atoms with Crippen molar-refractivity contribution in [2.24, 2.45) is 5.10 Å². The van der Waals surface area contributed by atoms with Crippen molar-refractivity contribution >= 4 is 39.4 Å². The van der Waals surface area contributed by atoms with Gasteiger partial charge >= 0.3 is 0 Å². The standard InChI is InChI=1S/C13H11BrN2O3S/c1-19-11-6-9(14)8(5-10(11)17)7-15-16-13(18)12-3-2-4-20-12/h2-7,17H,1H3,(H,16,18)/b15-7-. The average molecular weight is 355 g/mol. The average Bonchev–Trinajstić information content (AvgIpc) is 2.96. The Balaban J connectivity index is 2.08. The lowest BCUT2D eigenvalue weighted by atomic mass is 10.2. The second-order valence-electron chi connectivity index (χ2n) is 3.72. The summed E-state index contributed by atoms with van der Waals surface area (Å²) >= 11 is 4.67. The van der Waals surface area contributed by atoms with Crippen molar-refractivity contribution in [2.75, 3.05) is 7.11 Å². The number of carbonyl (C=O) groups is 1. The van der Waals surface area contributed by atoms with E-state index in [0.29, 0.717) is 20.7 Å². The van der Waals surface area contributed by atoms with Gasteiger partial charge in [0.05, 0.1) is 18.2 Å². The van der Waals surface area contributed by atoms with Crippen molar-refractivity contribution in [3.8, 4) is 11.5 Å². The van der Waals surface area contributed by atoms with Crippen molar-refractivity contribution in [1.82, 2.24) is 5.43 Å². The van der Waals surface area contributed by atoms with Gasteiger partial charge in [-0.05, 0) is 39.5 Å². The number of hydrogen-bond donors (Lipinski definition) is 2. The number of nitrogens with one attached hydrogen (secondary N) is 1. The number of nitrogens with zero attached hydrogens (tertiary/aromatic N) is 1. The maximum Gasteiger partial charge on any atom is 0.281 e. The van der Waals surface area contributed by atoms with Crippen LogP contribution >= 0.6 is 27.3 Å². The number of halogens is 1. The van der Waals surface area contributed by atoms with Crippen molar-refractivity contribution in [2.45, 2.75) is 0 Å². The van der Waals surface area contributed by atoms with Crippen LogP contribution in [0.1, 0.15) is 15.2 Å². The molecule has 0 fully saturated rings. The monoisotopic (exact) mass is 354 g/mol. The zero-order valence-electron chi connectivity index (χ0n) is 10.5. The van der Waals surface area contributed by atoms with Crippen LogP contribution in [0.2, 0.25) is 0 Å². The summed E-state index contributed by atoms with van der Waals surface area (Å²) in [5.41, 5.74) is 3.04. The molecule has 0 saturated carbocycles. The molecule has 0 unspecified atom stereocenters. The van der Waals surface area contributed by atoms with Gasteiger partial charge in [-0.2, -0.15) is 5.10 Å². The SMILES string of the molecule is COc1cc(Br)c(/C=N\NC(=O)c2cccs2)cc1O. The Bertz CT molecular complexity index is 641. The summed E-state index contributed by atoms with van der Waals surface area (Å²) in [4.78, 5) is 12.2. The van der Waals surface area contributed by atoms with Crippen molar-refractivity contribution < 1.29 is 14.6 Å². The van der Waals surface area contributed by atoms with Crippen molar-refractivity contribution in [1.29, 1.82) is 0 Å². The fourth-order valence-corrected chi connectivity index (χ4v) is 2.48. The van der Waals surface area contributed by atoms with Crippen LogP contribution in [-0.4, -0.2) is 24.3 Å². The van der Waals surface area contributed by atoms with Crippen LogP contribution in [0.25, 0.3) is 0 Å². The summed E-state index contributed by atoms with van der Waals surface area (Å²) in [5, 5.41) is 15.4. The molecule has 0 atom stereocenters. The molecular weight excluding hydrogens is 344 g/mol. The number of amides is 1. The molecule has 0 radical (unpaired) electrons. The molecule has 0 aliphatic rings. The highest BCUT2D eigenvalue weighted by atomic mass is 79.9. The molecule has 1 aromatic heterocycles. The quantitative estimate of drug-likeness (QED) is 0.654. The van der Waals surface area contributed by atoms with Crippen LogP contribution in [0.4, 0.5) is 0 Å². The van der Waals surface area contributed by atoms with Gasteiger partial charge in [0.2, 0.25) is 0 Å². The molecular formula is C13H11BrN2O3S. The molecule has 1 amide bonds. The van der Waals surface area contributed by atoms with Gasteiger partial charge in [-0.15, -0.1) is 11.3 Å². The van der Waals surface area contributed by atoms with E-state index >= 15 is 0 Å². The van der Waals surface area contributed by atoms with Crippen LogP contribution in [0.15, 0.2) is 39.2 Å². The van der Waals surface area contributed by atoms with Gasteiger partial charge in [0.15, 0.2) is 11.5 Å². The van der Waals surface area contributed by atoms with Crippen LogP contribution in [-0.2, 0) is 0 Å². The lowest BCUT2D eigenvalue weighted by Crippen LogP contribution is -2.16. The Hall–Kier alpha value is -1.86. The molecule has 0 aliphatic heterocycles. The predicted molar refractivity (Wildman–Crippen MR) is 81.7 cm³/mol. The minimum Gasteiger partial charge on any atom is -0.504 e. The maximum absolute atomic E-state index is 11.7. The van der Waals surface area contributed by atoms with E-state index in [0.717, 1.165) is 0 Å². The molecule has 20 heavy (non-hydrogen) atoms. The molecule has 2 aromatic rings. The molecule has 0 saturated heterocycles. The molecule has 2 N–H and O–H groups in total. The van der Waals surface area contributed by atoms with Gasteiger partial charge in [-0.3, -0.25) is 4.79 Å². The van der Waals surface area contributed by atoms with Gasteiger partial charge in [0.1, 0.15) is 0 Å². The summed E-state index contributed by atoms with van der Waals surface area (Å²) in [5.74, 6) is 0.0866. The first-order valence-electron chi connectivity index (χ1n) is 5.55. The molecule has 104 valence electrons. The Morgan fingerprint density at radius 3 is 3.00 bits per heavy atom. The third-order valence-corrected chi connectivity index (χ3v) is 3.97. The number of phenolic OH excluding ortho intramolecular Hbond substituents is 1. The van der Waals surface area contributed by atoms with Crippen LogP contribution < -0.4 is 10.2 Å². The Kier molecular flexibility index (Phi) is 4.75. The van der Waals surface area contributed by atoms with E-state index in [1.165, 1.54) is 30.7 Å². The van der Waals surface area contributed by atoms with E-state index in [-0.39, 0.29) is 11.7 Å². The van der Waals surface area contributed by atoms with Gasteiger partial charge in [-0.1, -0.05) is 6.07 Å². The number of methoxy groups -OCH3 is 1. The third-order valence-electron chi connectivity index (χ3n) is 2.41. The minimum absolute atomic E-state index is 0.00160. The first-order chi connectivity index (χ1) is 9.61. The lowest BCUT2D eigenvalue weighted by Gasteiger charge is -2.05. The number of ether oxygens (including phenoxy) is 1. The number of rotatable bonds is 4. The highest BCUT2D eigenvalue weighted by Crippen LogP contribution is 2.31. The molecule has 1 aromatic carbocycles. The molecule has 7 heteroatoms. The highest BCUT2D eigenvalue weighted by molar-refractivity contribution is 9.10. The third kappa shape index (κ3) is 3.37. The molecule has 0 aliphatic carbocycles. The molecule has 0 spiro atoms. The van der Waals surface area contributed by atoms with Gasteiger partial charge in [0, 0.05) is 10.0 Å². The summed E-state index contributed by atoms with van der Waals surface area (Å²) in [7, 11) is 1.47. The zero-order chi connectivity index (χ0) is 14.5. The smallest absolute Gasteiger partial charge is 0.281 e. The number of aromatic hydroxyl groups is 1. The van der Waals surface area contributed by atoms with Gasteiger partial charge in [-0.25, -0.2) is 5.43 Å². The Labute approximate surface area is 128 Å². The largest absolute Gasteiger partial charge is 0.504 e. The number of hydrogen-bond acceptors (Lipinski definition) is 5. The summed E-state index contributed by atoms with van der Waals surface area (Å²) in [6.45, 7) is 0. The second kappa shape index (κ2) is 6.53. The molecule has 0 bridgehead atoms. The van der Waals surface area contributed by atoms with E-state index < -0.39 is 0 Å². The number of phenols is 1. The van der Waals surface area contributed by atoms with E-state index in [1.807, 2.05) is 5.38 Å². The van der Waals surface area contributed by atoms with Crippen molar-refractivity contribution in [3.63, 3.8) is 0 Å². The Morgan fingerprint density at radius 2 is 2.35 bits per heavy atom. The van der Waals surface area contributed by atoms with Gasteiger partial charge in [0.25, 0.3) is 5.91 Å². The molecule has 2 rings (SSSR count). The number of hydrazone groups is 1. The second-order valence-corrected chi connectivity index (χ2v) is 5.52. The maximum atomic E-state index is 11.7. The fraction of sp³-hybridized carbons (Fsp3) is 0.0769. The van der Waals surface area contributed by atoms with E-state index in [4.69, 9.17) is 4.74 Å². The summed E-state index contributed by atoms with van der Waals surface area (Å²) < 4.78 is 5.68. The van der Waals surface area contributed by atoms with Crippen LogP contribution in [0.5, 0.6) is 11.5 Å². The normalized spacial score (nSPS) is 10.7. The predicted octanol–water partition coefficient (Wildman–Crippen LogP) is 2.99. The van der Waals surface area contributed by atoms with Crippen LogP contribution in [0.3, 0.4) is 0 Å². The summed E-state index contributed by atoms with van der Waals surface area (Å²) in [6.07, 6.45) is 1.44. The van der Waals surface area contributed by atoms with E-state index in [2.05, 4.69) is 26.5 Å². The first kappa shape index (κ1) is 14.5. The Morgan fingerprint density at radius 1 is 1.55 bits per heavy atom. The van der Waals surface area contributed by atoms with Gasteiger partial charge < -0.3 is 9.84 Å². The zero-order valence-corrected chi connectivity index (χ0v) is 12.9. The first-order valence-corrected chi connectivity index (χ1v) is 7.22. The minimum atomic E-state index is -0.273. The number of carbonyl (C=O) groups excluding carboxylic acids is 1.